The van der Waals surface area contributed by atoms with Crippen LogP contribution in [0, 0.1) is 0 Å². The zero-order chi connectivity index (χ0) is 12.0. The minimum Gasteiger partial charge on any atom is -0.387 e. The molecule has 88 valence electrons. The van der Waals surface area contributed by atoms with Crippen LogP contribution in [0.4, 0.5) is 0 Å². The molecule has 0 aliphatic carbocycles. The van der Waals surface area contributed by atoms with Gasteiger partial charge in [-0.05, 0) is 5.56 Å². The van der Waals surface area contributed by atoms with Crippen LogP contribution in [0.1, 0.15) is 11.7 Å². The lowest BCUT2D eigenvalue weighted by atomic mass is 10.1. The van der Waals surface area contributed by atoms with Crippen LogP contribution < -0.4 is 11.1 Å². The van der Waals surface area contributed by atoms with Crippen molar-refractivity contribution in [3.8, 4) is 0 Å². The highest BCUT2D eigenvalue weighted by molar-refractivity contribution is 5.78. The molecule has 0 saturated heterocycles. The molecule has 0 saturated carbocycles. The van der Waals surface area contributed by atoms with E-state index in [0.717, 1.165) is 5.56 Å². The molecule has 0 heterocycles. The van der Waals surface area contributed by atoms with Crippen LogP contribution in [0.25, 0.3) is 0 Å². The topological polar surface area (TPSA) is 95.6 Å². The van der Waals surface area contributed by atoms with Crippen molar-refractivity contribution in [1.82, 2.24) is 5.32 Å². The molecular weight excluding hydrogens is 208 g/mol. The fourth-order valence-electron chi connectivity index (χ4n) is 1.25. The third kappa shape index (κ3) is 3.98. The van der Waals surface area contributed by atoms with Gasteiger partial charge in [-0.15, -0.1) is 0 Å². The van der Waals surface area contributed by atoms with Gasteiger partial charge in [0.25, 0.3) is 0 Å². The molecule has 5 heteroatoms. The van der Waals surface area contributed by atoms with Crippen LogP contribution in [0.2, 0.25) is 0 Å². The summed E-state index contributed by atoms with van der Waals surface area (Å²) < 4.78 is 0. The Morgan fingerprint density at radius 2 is 1.88 bits per heavy atom. The Labute approximate surface area is 93.9 Å². The van der Waals surface area contributed by atoms with E-state index in [2.05, 4.69) is 5.32 Å². The molecule has 1 aromatic rings. The number of amides is 1. The van der Waals surface area contributed by atoms with E-state index in [4.69, 9.17) is 10.8 Å². The molecule has 2 atom stereocenters. The SMILES string of the molecule is NC(=O)C(O)CNCC(O)c1ccccc1. The first-order valence-electron chi connectivity index (χ1n) is 5.02. The van der Waals surface area contributed by atoms with Crippen molar-refractivity contribution in [2.75, 3.05) is 13.1 Å². The van der Waals surface area contributed by atoms with E-state index in [-0.39, 0.29) is 13.1 Å². The number of primary amides is 1. The molecule has 5 nitrogen and oxygen atoms in total. The Bertz CT molecular complexity index is 329. The lowest BCUT2D eigenvalue weighted by molar-refractivity contribution is -0.125. The summed E-state index contributed by atoms with van der Waals surface area (Å²) >= 11 is 0. The molecule has 0 aliphatic heterocycles. The van der Waals surface area contributed by atoms with Gasteiger partial charge in [0.15, 0.2) is 0 Å². The van der Waals surface area contributed by atoms with Crippen molar-refractivity contribution in [2.45, 2.75) is 12.2 Å². The number of aliphatic hydroxyl groups excluding tert-OH is 2. The number of nitrogens with two attached hydrogens (primary N) is 1. The third-order valence-corrected chi connectivity index (χ3v) is 2.19. The summed E-state index contributed by atoms with van der Waals surface area (Å²) in [5, 5.41) is 21.6. The minimum absolute atomic E-state index is 0.0409. The summed E-state index contributed by atoms with van der Waals surface area (Å²) in [6.07, 6.45) is -1.88. The number of carbonyl (C=O) groups excluding carboxylic acids is 1. The van der Waals surface area contributed by atoms with Crippen molar-refractivity contribution in [1.29, 1.82) is 0 Å². The second-order valence-electron chi connectivity index (χ2n) is 3.50. The number of nitrogens with one attached hydrogen (secondary N) is 1. The molecule has 0 aromatic heterocycles. The highest BCUT2D eigenvalue weighted by Gasteiger charge is 2.11. The molecule has 0 aliphatic rings. The molecule has 1 rings (SSSR count). The zero-order valence-electron chi connectivity index (χ0n) is 8.84. The monoisotopic (exact) mass is 224 g/mol. The Hall–Kier alpha value is -1.43. The van der Waals surface area contributed by atoms with E-state index < -0.39 is 18.1 Å². The first-order valence-corrected chi connectivity index (χ1v) is 5.02. The quantitative estimate of drug-likeness (QED) is 0.506. The van der Waals surface area contributed by atoms with Gasteiger partial charge in [0.05, 0.1) is 6.10 Å². The van der Waals surface area contributed by atoms with E-state index in [1.807, 2.05) is 18.2 Å². The minimum atomic E-state index is -1.22. The van der Waals surface area contributed by atoms with Crippen LogP contribution >= 0.6 is 0 Å². The Morgan fingerprint density at radius 3 is 2.44 bits per heavy atom. The molecule has 2 unspecified atom stereocenters. The van der Waals surface area contributed by atoms with Crippen molar-refractivity contribution < 1.29 is 15.0 Å². The maximum absolute atomic E-state index is 10.5. The lowest BCUT2D eigenvalue weighted by Gasteiger charge is -2.13. The molecule has 0 fully saturated rings. The fraction of sp³-hybridized carbons (Fsp3) is 0.364. The number of aliphatic hydroxyl groups is 2. The molecule has 1 amide bonds. The predicted molar refractivity (Wildman–Crippen MR) is 59.5 cm³/mol. The smallest absolute Gasteiger partial charge is 0.247 e. The summed E-state index contributed by atoms with van der Waals surface area (Å²) in [6, 6.07) is 9.13. The second-order valence-corrected chi connectivity index (χ2v) is 3.50. The first kappa shape index (κ1) is 12.6. The Balaban J connectivity index is 2.31. The van der Waals surface area contributed by atoms with E-state index >= 15 is 0 Å². The summed E-state index contributed by atoms with van der Waals surface area (Å²) in [7, 11) is 0. The maximum Gasteiger partial charge on any atom is 0.247 e. The highest BCUT2D eigenvalue weighted by atomic mass is 16.3. The summed E-state index contributed by atoms with van der Waals surface area (Å²) in [5.74, 6) is -0.776. The number of rotatable bonds is 6. The van der Waals surface area contributed by atoms with Gasteiger partial charge in [0.1, 0.15) is 6.10 Å². The summed E-state index contributed by atoms with van der Waals surface area (Å²) in [5.41, 5.74) is 5.65. The lowest BCUT2D eigenvalue weighted by Crippen LogP contribution is -2.38. The number of carbonyl (C=O) groups is 1. The van der Waals surface area contributed by atoms with Crippen LogP contribution in [-0.2, 0) is 4.79 Å². The Morgan fingerprint density at radius 1 is 1.25 bits per heavy atom. The number of hydrogen-bond acceptors (Lipinski definition) is 4. The normalized spacial score (nSPS) is 14.4. The third-order valence-electron chi connectivity index (χ3n) is 2.19. The summed E-state index contributed by atoms with van der Waals surface area (Å²) in [6.45, 7) is 0.299. The average molecular weight is 224 g/mol. The molecular formula is C11H16N2O3. The van der Waals surface area contributed by atoms with E-state index in [0.29, 0.717) is 0 Å². The van der Waals surface area contributed by atoms with Crippen LogP contribution in [0.5, 0.6) is 0 Å². The zero-order valence-corrected chi connectivity index (χ0v) is 8.84. The van der Waals surface area contributed by atoms with Crippen LogP contribution in [-0.4, -0.2) is 35.3 Å². The van der Waals surface area contributed by atoms with Gasteiger partial charge in [-0.1, -0.05) is 30.3 Å². The number of hydrogen-bond donors (Lipinski definition) is 4. The molecule has 16 heavy (non-hydrogen) atoms. The second kappa shape index (κ2) is 6.22. The molecule has 0 bridgehead atoms. The van der Waals surface area contributed by atoms with E-state index in [9.17, 15) is 9.90 Å². The van der Waals surface area contributed by atoms with Crippen LogP contribution in [0.3, 0.4) is 0 Å². The van der Waals surface area contributed by atoms with Crippen LogP contribution in [0.15, 0.2) is 30.3 Å². The highest BCUT2D eigenvalue weighted by Crippen LogP contribution is 2.10. The standard InChI is InChI=1S/C11H16N2O3/c12-11(16)10(15)7-13-6-9(14)8-4-2-1-3-5-8/h1-5,9-10,13-15H,6-7H2,(H2,12,16). The van der Waals surface area contributed by atoms with Gasteiger partial charge >= 0.3 is 0 Å². The predicted octanol–water partition coefficient (Wildman–Crippen LogP) is -0.844. The van der Waals surface area contributed by atoms with Gasteiger partial charge in [-0.2, -0.15) is 0 Å². The Kier molecular flexibility index (Phi) is 4.91. The van der Waals surface area contributed by atoms with Crippen molar-refractivity contribution in [3.63, 3.8) is 0 Å². The van der Waals surface area contributed by atoms with Crippen molar-refractivity contribution in [2.24, 2.45) is 5.73 Å². The molecule has 1 aromatic carbocycles. The van der Waals surface area contributed by atoms with Gasteiger partial charge in [-0.3, -0.25) is 4.79 Å². The summed E-state index contributed by atoms with van der Waals surface area (Å²) in [4.78, 5) is 10.5. The maximum atomic E-state index is 10.5. The van der Waals surface area contributed by atoms with E-state index in [1.165, 1.54) is 0 Å². The van der Waals surface area contributed by atoms with Gasteiger partial charge in [-0.25, -0.2) is 0 Å². The van der Waals surface area contributed by atoms with Crippen molar-refractivity contribution >= 4 is 5.91 Å². The first-order chi connectivity index (χ1) is 7.61. The van der Waals surface area contributed by atoms with Gasteiger partial charge in [0, 0.05) is 13.1 Å². The van der Waals surface area contributed by atoms with Gasteiger partial charge in [0.2, 0.25) is 5.91 Å². The number of benzene rings is 1. The van der Waals surface area contributed by atoms with Gasteiger partial charge < -0.3 is 21.3 Å². The molecule has 5 N–H and O–H groups in total. The van der Waals surface area contributed by atoms with E-state index in [1.54, 1.807) is 12.1 Å². The molecule has 0 spiro atoms. The molecule has 0 radical (unpaired) electrons. The van der Waals surface area contributed by atoms with Crippen molar-refractivity contribution in [3.05, 3.63) is 35.9 Å². The fourth-order valence-corrected chi connectivity index (χ4v) is 1.25. The largest absolute Gasteiger partial charge is 0.387 e. The average Bonchev–Trinajstić information content (AvgIpc) is 2.29.